The Labute approximate surface area is 118 Å². The summed E-state index contributed by atoms with van der Waals surface area (Å²) in [6, 6.07) is 2.98. The molecule has 114 valence electrons. The minimum absolute atomic E-state index is 0.286. The minimum Gasteiger partial charge on any atom is -0.480 e. The number of nitrogens with zero attached hydrogens (tertiary/aromatic N) is 1. The van der Waals surface area contributed by atoms with Gasteiger partial charge in [0.2, 0.25) is 0 Å². The average Bonchev–Trinajstić information content (AvgIpc) is 2.62. The lowest BCUT2D eigenvalue weighted by molar-refractivity contribution is -0.386. The number of carboxylic acids is 1. The van der Waals surface area contributed by atoms with Crippen molar-refractivity contribution in [2.45, 2.75) is 12.2 Å². The first kappa shape index (κ1) is 15.2. The zero-order valence-corrected chi connectivity index (χ0v) is 11.3. The SMILES string of the molecule is O=C(O)c1ccc(OC2CS(=O)(=O)CC2O)c([N+](=O)[O-])c1. The molecule has 2 rings (SSSR count). The molecule has 0 amide bonds. The number of aliphatic hydroxyl groups excluding tert-OH is 1. The van der Waals surface area contributed by atoms with E-state index in [1.807, 2.05) is 0 Å². The Morgan fingerprint density at radius 3 is 2.52 bits per heavy atom. The number of hydrogen-bond acceptors (Lipinski definition) is 7. The van der Waals surface area contributed by atoms with Crippen molar-refractivity contribution < 1.29 is 33.1 Å². The van der Waals surface area contributed by atoms with E-state index in [2.05, 4.69) is 0 Å². The number of hydrogen-bond donors (Lipinski definition) is 2. The summed E-state index contributed by atoms with van der Waals surface area (Å²) in [6.45, 7) is 0. The van der Waals surface area contributed by atoms with Gasteiger partial charge in [0.25, 0.3) is 0 Å². The highest BCUT2D eigenvalue weighted by molar-refractivity contribution is 7.91. The molecule has 0 aliphatic carbocycles. The Kier molecular flexibility index (Phi) is 3.83. The van der Waals surface area contributed by atoms with E-state index >= 15 is 0 Å². The van der Waals surface area contributed by atoms with E-state index in [0.717, 1.165) is 18.2 Å². The summed E-state index contributed by atoms with van der Waals surface area (Å²) in [5, 5.41) is 29.3. The van der Waals surface area contributed by atoms with Gasteiger partial charge in [0.15, 0.2) is 15.6 Å². The van der Waals surface area contributed by atoms with Crippen LogP contribution in [0, 0.1) is 10.1 Å². The van der Waals surface area contributed by atoms with Crippen molar-refractivity contribution in [3.8, 4) is 5.75 Å². The van der Waals surface area contributed by atoms with Crippen molar-refractivity contribution in [2.24, 2.45) is 0 Å². The van der Waals surface area contributed by atoms with Crippen LogP contribution in [0.2, 0.25) is 0 Å². The predicted molar refractivity (Wildman–Crippen MR) is 69.1 cm³/mol. The molecule has 0 bridgehead atoms. The molecule has 1 aliphatic heterocycles. The van der Waals surface area contributed by atoms with Gasteiger partial charge in [-0.2, -0.15) is 0 Å². The van der Waals surface area contributed by atoms with Crippen molar-refractivity contribution in [2.75, 3.05) is 11.5 Å². The molecular formula is C11H11NO8S. The number of rotatable bonds is 4. The Morgan fingerprint density at radius 1 is 1.38 bits per heavy atom. The number of carbonyl (C=O) groups is 1. The van der Waals surface area contributed by atoms with E-state index < -0.39 is 50.1 Å². The maximum atomic E-state index is 11.4. The van der Waals surface area contributed by atoms with Crippen LogP contribution in [-0.4, -0.2) is 53.2 Å². The summed E-state index contributed by atoms with van der Waals surface area (Å²) in [7, 11) is -3.46. The van der Waals surface area contributed by atoms with Crippen LogP contribution < -0.4 is 4.74 Å². The van der Waals surface area contributed by atoms with Gasteiger partial charge >= 0.3 is 11.7 Å². The second-order valence-electron chi connectivity index (χ2n) is 4.55. The van der Waals surface area contributed by atoms with E-state index in [-0.39, 0.29) is 11.3 Å². The third-order valence-corrected chi connectivity index (χ3v) is 4.64. The first-order valence-corrected chi connectivity index (χ1v) is 7.58. The number of aliphatic hydroxyl groups is 1. The van der Waals surface area contributed by atoms with Crippen molar-refractivity contribution in [3.05, 3.63) is 33.9 Å². The van der Waals surface area contributed by atoms with E-state index in [9.17, 15) is 28.4 Å². The molecule has 10 heteroatoms. The predicted octanol–water partition coefficient (Wildman–Crippen LogP) is -0.170. The van der Waals surface area contributed by atoms with Crippen molar-refractivity contribution in [1.29, 1.82) is 0 Å². The van der Waals surface area contributed by atoms with Crippen LogP contribution in [0.4, 0.5) is 5.69 Å². The van der Waals surface area contributed by atoms with Gasteiger partial charge in [0, 0.05) is 6.07 Å². The summed E-state index contributed by atoms with van der Waals surface area (Å²) in [5.74, 6) is -2.55. The third-order valence-electron chi connectivity index (χ3n) is 2.95. The Bertz CT molecular complexity index is 698. The molecule has 0 spiro atoms. The fourth-order valence-corrected chi connectivity index (χ4v) is 3.63. The average molecular weight is 317 g/mol. The number of benzene rings is 1. The van der Waals surface area contributed by atoms with Gasteiger partial charge in [-0.05, 0) is 12.1 Å². The lowest BCUT2D eigenvalue weighted by Gasteiger charge is -2.15. The van der Waals surface area contributed by atoms with Gasteiger partial charge in [-0.1, -0.05) is 0 Å². The first-order valence-electron chi connectivity index (χ1n) is 5.76. The van der Waals surface area contributed by atoms with Gasteiger partial charge in [0.05, 0.1) is 22.0 Å². The quantitative estimate of drug-likeness (QED) is 0.575. The number of nitro benzene ring substituents is 1. The first-order chi connectivity index (χ1) is 9.69. The molecule has 1 saturated heterocycles. The second-order valence-corrected chi connectivity index (χ2v) is 6.70. The number of sulfone groups is 1. The van der Waals surface area contributed by atoms with Crippen LogP contribution >= 0.6 is 0 Å². The lowest BCUT2D eigenvalue weighted by Crippen LogP contribution is -2.30. The highest BCUT2D eigenvalue weighted by Crippen LogP contribution is 2.30. The van der Waals surface area contributed by atoms with Crippen molar-refractivity contribution in [3.63, 3.8) is 0 Å². The molecule has 1 fully saturated rings. The zero-order chi connectivity index (χ0) is 15.8. The van der Waals surface area contributed by atoms with Crippen LogP contribution in [-0.2, 0) is 9.84 Å². The van der Waals surface area contributed by atoms with Crippen LogP contribution in [0.15, 0.2) is 18.2 Å². The molecule has 1 aromatic rings. The van der Waals surface area contributed by atoms with Crippen LogP contribution in [0.5, 0.6) is 5.75 Å². The van der Waals surface area contributed by atoms with Crippen molar-refractivity contribution in [1.82, 2.24) is 0 Å². The molecule has 0 radical (unpaired) electrons. The Morgan fingerprint density at radius 2 is 2.05 bits per heavy atom. The highest BCUT2D eigenvalue weighted by atomic mass is 32.2. The molecule has 1 heterocycles. The maximum Gasteiger partial charge on any atom is 0.335 e. The topological polar surface area (TPSA) is 144 Å². The summed E-state index contributed by atoms with van der Waals surface area (Å²) in [5.41, 5.74) is -0.903. The van der Waals surface area contributed by atoms with E-state index in [1.165, 1.54) is 0 Å². The number of carboxylic acid groups (broad SMARTS) is 1. The van der Waals surface area contributed by atoms with E-state index in [0.29, 0.717) is 0 Å². The molecule has 2 unspecified atom stereocenters. The molecular weight excluding hydrogens is 306 g/mol. The van der Waals surface area contributed by atoms with E-state index in [4.69, 9.17) is 9.84 Å². The molecule has 9 nitrogen and oxygen atoms in total. The molecule has 2 atom stereocenters. The van der Waals surface area contributed by atoms with Crippen molar-refractivity contribution >= 4 is 21.5 Å². The normalized spacial score (nSPS) is 23.7. The number of aromatic carboxylic acids is 1. The van der Waals surface area contributed by atoms with Crippen LogP contribution in [0.25, 0.3) is 0 Å². The van der Waals surface area contributed by atoms with Crippen LogP contribution in [0.1, 0.15) is 10.4 Å². The second kappa shape index (κ2) is 5.30. The minimum atomic E-state index is -3.46. The smallest absolute Gasteiger partial charge is 0.335 e. The van der Waals surface area contributed by atoms with Gasteiger partial charge in [-0.25, -0.2) is 13.2 Å². The monoisotopic (exact) mass is 317 g/mol. The molecule has 1 aliphatic rings. The molecule has 21 heavy (non-hydrogen) atoms. The van der Waals surface area contributed by atoms with Crippen LogP contribution in [0.3, 0.4) is 0 Å². The Hall–Kier alpha value is -2.20. The fourth-order valence-electron chi connectivity index (χ4n) is 1.97. The fraction of sp³-hybridized carbons (Fsp3) is 0.364. The van der Waals surface area contributed by atoms with Gasteiger partial charge < -0.3 is 14.9 Å². The standard InChI is InChI=1S/C11H11NO8S/c13-8-4-21(18,19)5-10(8)20-9-2-1-6(11(14)15)3-7(9)12(16)17/h1-3,8,10,13H,4-5H2,(H,14,15). The van der Waals surface area contributed by atoms with Gasteiger partial charge in [0.1, 0.15) is 12.2 Å². The summed E-state index contributed by atoms with van der Waals surface area (Å²) >= 11 is 0. The van der Waals surface area contributed by atoms with Gasteiger partial charge in [-0.3, -0.25) is 10.1 Å². The summed E-state index contributed by atoms with van der Waals surface area (Å²) in [6.07, 6.45) is -2.40. The number of nitro groups is 1. The molecule has 0 saturated carbocycles. The molecule has 0 aromatic heterocycles. The summed E-state index contributed by atoms with van der Waals surface area (Å²) < 4.78 is 27.9. The molecule has 2 N–H and O–H groups in total. The molecule has 1 aromatic carbocycles. The third kappa shape index (κ3) is 3.28. The summed E-state index contributed by atoms with van der Waals surface area (Å²) in [4.78, 5) is 20.9. The highest BCUT2D eigenvalue weighted by Gasteiger charge is 2.39. The largest absolute Gasteiger partial charge is 0.480 e. The van der Waals surface area contributed by atoms with E-state index in [1.54, 1.807) is 0 Å². The lowest BCUT2D eigenvalue weighted by atomic mass is 10.2. The van der Waals surface area contributed by atoms with Gasteiger partial charge in [-0.15, -0.1) is 0 Å². The zero-order valence-electron chi connectivity index (χ0n) is 10.5. The Balaban J connectivity index is 2.32. The number of ether oxygens (including phenoxy) is 1. The maximum absolute atomic E-state index is 11.4.